The Balaban J connectivity index is 3.87. The second-order valence-corrected chi connectivity index (χ2v) is 14.0. The average molecular weight is 555 g/mol. The lowest BCUT2D eigenvalue weighted by atomic mass is 10.0. The molecule has 0 spiro atoms. The Morgan fingerprint density at radius 3 is 1.67 bits per heavy atom. The molecule has 8 heteroatoms. The van der Waals surface area contributed by atoms with E-state index in [1.165, 1.54) is 84.0 Å². The van der Waals surface area contributed by atoms with Gasteiger partial charge in [0, 0.05) is 26.4 Å². The molecule has 0 radical (unpaired) electrons. The molecule has 0 aliphatic heterocycles. The van der Waals surface area contributed by atoms with E-state index in [9.17, 15) is 13.2 Å². The van der Waals surface area contributed by atoms with Crippen LogP contribution in [0.15, 0.2) is 0 Å². The smallest absolute Gasteiger partial charge is 0.302 e. The number of esters is 1. The van der Waals surface area contributed by atoms with Crippen LogP contribution in [-0.2, 0) is 24.1 Å². The van der Waals surface area contributed by atoms with Gasteiger partial charge in [-0.05, 0) is 6.42 Å². The number of quaternary nitrogens is 1. The van der Waals surface area contributed by atoms with Gasteiger partial charge in [-0.2, -0.15) is 0 Å². The monoisotopic (exact) mass is 554 g/mol. The van der Waals surface area contributed by atoms with Gasteiger partial charge in [-0.3, -0.25) is 4.79 Å². The summed E-state index contributed by atoms with van der Waals surface area (Å²) in [5, 5.41) is 0. The number of rotatable bonds is 25. The third-order valence-electron chi connectivity index (χ3n) is 6.54. The van der Waals surface area contributed by atoms with E-state index in [4.69, 9.17) is 21.1 Å². The molecule has 2 unspecified atom stereocenters. The number of ether oxygens (including phenoxy) is 2. The quantitative estimate of drug-likeness (QED) is 0.0404. The minimum absolute atomic E-state index is 0.0311. The van der Waals surface area contributed by atoms with E-state index in [1.807, 2.05) is 21.1 Å². The van der Waals surface area contributed by atoms with Crippen molar-refractivity contribution in [2.75, 3.05) is 45.9 Å². The summed E-state index contributed by atoms with van der Waals surface area (Å²) in [5.74, 6) is -0.416. The normalized spacial score (nSPS) is 14.1. The van der Waals surface area contributed by atoms with E-state index < -0.39 is 21.9 Å². The zero-order valence-electron chi connectivity index (χ0n) is 24.1. The van der Waals surface area contributed by atoms with Crippen molar-refractivity contribution >= 4 is 27.4 Å². The molecule has 0 rings (SSSR count). The minimum atomic E-state index is -3.27. The number of carbonyl (C=O) groups excluding carboxylic acids is 1. The number of halogens is 1. The fourth-order valence-electron chi connectivity index (χ4n) is 4.10. The van der Waals surface area contributed by atoms with E-state index in [1.54, 1.807) is 0 Å². The molecule has 216 valence electrons. The lowest BCUT2D eigenvalue weighted by Gasteiger charge is -2.29. The van der Waals surface area contributed by atoms with E-state index in [0.29, 0.717) is 17.5 Å². The summed E-state index contributed by atoms with van der Waals surface area (Å²) in [6.07, 6.45) is 18.4. The van der Waals surface area contributed by atoms with Gasteiger partial charge in [0.05, 0.1) is 39.3 Å². The highest BCUT2D eigenvalue weighted by Crippen LogP contribution is 2.15. The fraction of sp³-hybridized carbons (Fsp3) is 0.964. The molecule has 0 aromatic rings. The Labute approximate surface area is 228 Å². The maximum absolute atomic E-state index is 12.4. The van der Waals surface area contributed by atoms with Crippen LogP contribution in [0.2, 0.25) is 0 Å². The summed E-state index contributed by atoms with van der Waals surface area (Å²) in [6.45, 7) is 4.46. The van der Waals surface area contributed by atoms with Gasteiger partial charge in [-0.1, -0.05) is 102 Å². The molecule has 0 bridgehead atoms. The van der Waals surface area contributed by atoms with Crippen LogP contribution in [0.4, 0.5) is 0 Å². The highest BCUT2D eigenvalue weighted by Gasteiger charge is 2.25. The molecule has 36 heavy (non-hydrogen) atoms. The predicted octanol–water partition coefficient (Wildman–Crippen LogP) is 6.88. The maximum atomic E-state index is 12.4. The Morgan fingerprint density at radius 2 is 1.22 bits per heavy atom. The van der Waals surface area contributed by atoms with Crippen molar-refractivity contribution in [3.05, 3.63) is 0 Å². The predicted molar refractivity (Wildman–Crippen MR) is 152 cm³/mol. The van der Waals surface area contributed by atoms with E-state index in [-0.39, 0.29) is 30.0 Å². The van der Waals surface area contributed by atoms with Crippen LogP contribution in [0.3, 0.4) is 0 Å². The third kappa shape index (κ3) is 22.8. The Morgan fingerprint density at radius 1 is 0.778 bits per heavy atom. The summed E-state index contributed by atoms with van der Waals surface area (Å²) in [6, 6.07) is 0. The molecule has 0 fully saturated rings. The molecule has 0 heterocycles. The number of sulfone groups is 1. The molecule has 0 N–H and O–H groups in total. The number of alkyl halides is 1. The molecule has 0 aromatic carbocycles. The van der Waals surface area contributed by atoms with Crippen LogP contribution in [-0.4, -0.2) is 76.3 Å². The minimum Gasteiger partial charge on any atom is -0.460 e. The number of nitrogens with zero attached hydrogens (tertiary/aromatic N) is 1. The van der Waals surface area contributed by atoms with Gasteiger partial charge in [-0.25, -0.2) is 8.42 Å². The second-order valence-electron chi connectivity index (χ2n) is 11.2. The Hall–Kier alpha value is -0.370. The molecular weight excluding hydrogens is 498 g/mol. The molecule has 0 aromatic heterocycles. The first kappa shape index (κ1) is 35.6. The van der Waals surface area contributed by atoms with Gasteiger partial charge in [0.1, 0.15) is 6.10 Å². The van der Waals surface area contributed by atoms with Crippen LogP contribution in [0.1, 0.15) is 117 Å². The second kappa shape index (κ2) is 21.6. The molecule has 0 saturated heterocycles. The lowest BCUT2D eigenvalue weighted by molar-refractivity contribution is -0.882. The van der Waals surface area contributed by atoms with Crippen LogP contribution < -0.4 is 0 Å². The average Bonchev–Trinajstić information content (AvgIpc) is 2.79. The van der Waals surface area contributed by atoms with E-state index >= 15 is 0 Å². The maximum Gasteiger partial charge on any atom is 0.302 e. The Kier molecular flexibility index (Phi) is 21.3. The molecule has 2 atom stereocenters. The molecule has 0 aliphatic rings. The Bertz CT molecular complexity index is 636. The summed E-state index contributed by atoms with van der Waals surface area (Å²) < 4.78 is 36.4. The number of carbonyl (C=O) groups is 1. The first-order valence-electron chi connectivity index (χ1n) is 14.4. The topological polar surface area (TPSA) is 69.7 Å². The zero-order valence-corrected chi connectivity index (χ0v) is 25.6. The first-order chi connectivity index (χ1) is 17.0. The first-order valence-corrected chi connectivity index (χ1v) is 16.6. The molecular formula is C28H57ClNO5S+. The SMILES string of the molecule is CCCCCCCCCCCCCCCCOCC(CCS(=O)(=O)CCC(Cl)[N+](C)(C)C)OC(C)=O. The zero-order chi connectivity index (χ0) is 27.3. The van der Waals surface area contributed by atoms with E-state index in [0.717, 1.165) is 12.8 Å². The van der Waals surface area contributed by atoms with Crippen LogP contribution in [0.5, 0.6) is 0 Å². The van der Waals surface area contributed by atoms with Crippen molar-refractivity contribution < 1.29 is 27.2 Å². The number of unbranched alkanes of at least 4 members (excludes halogenated alkanes) is 13. The van der Waals surface area contributed by atoms with Crippen molar-refractivity contribution in [2.24, 2.45) is 0 Å². The van der Waals surface area contributed by atoms with Crippen LogP contribution in [0.25, 0.3) is 0 Å². The molecule has 0 aliphatic carbocycles. The van der Waals surface area contributed by atoms with Gasteiger partial charge in [0.2, 0.25) is 0 Å². The lowest BCUT2D eigenvalue weighted by Crippen LogP contribution is -2.42. The molecule has 0 amide bonds. The number of hydrogen-bond acceptors (Lipinski definition) is 5. The summed E-state index contributed by atoms with van der Waals surface area (Å²) >= 11 is 6.29. The van der Waals surface area contributed by atoms with Crippen molar-refractivity contribution in [1.29, 1.82) is 0 Å². The van der Waals surface area contributed by atoms with Crippen molar-refractivity contribution in [1.82, 2.24) is 0 Å². The van der Waals surface area contributed by atoms with Crippen molar-refractivity contribution in [2.45, 2.75) is 128 Å². The van der Waals surface area contributed by atoms with Gasteiger partial charge in [-0.15, -0.1) is 0 Å². The highest BCUT2D eigenvalue weighted by molar-refractivity contribution is 7.91. The van der Waals surface area contributed by atoms with E-state index in [2.05, 4.69) is 6.92 Å². The third-order valence-corrected chi connectivity index (χ3v) is 9.06. The van der Waals surface area contributed by atoms with Crippen molar-refractivity contribution in [3.63, 3.8) is 0 Å². The number of hydrogen-bond donors (Lipinski definition) is 0. The largest absolute Gasteiger partial charge is 0.460 e. The van der Waals surface area contributed by atoms with Gasteiger partial charge in [0.25, 0.3) is 0 Å². The van der Waals surface area contributed by atoms with Crippen LogP contribution >= 0.6 is 11.6 Å². The van der Waals surface area contributed by atoms with Gasteiger partial charge >= 0.3 is 5.97 Å². The molecule has 0 saturated carbocycles. The van der Waals surface area contributed by atoms with Gasteiger partial charge in [0.15, 0.2) is 15.3 Å². The molecule has 6 nitrogen and oxygen atoms in total. The fourth-order valence-corrected chi connectivity index (χ4v) is 5.75. The van der Waals surface area contributed by atoms with Crippen molar-refractivity contribution in [3.8, 4) is 0 Å². The van der Waals surface area contributed by atoms with Crippen LogP contribution in [0, 0.1) is 0 Å². The summed E-state index contributed by atoms with van der Waals surface area (Å²) in [5.41, 5.74) is -0.266. The summed E-state index contributed by atoms with van der Waals surface area (Å²) in [4.78, 5) is 11.4. The highest BCUT2D eigenvalue weighted by atomic mass is 35.5. The summed E-state index contributed by atoms with van der Waals surface area (Å²) in [7, 11) is 2.55. The standard InChI is InChI=1S/C28H57ClNO5S/c1-6-7-8-9-10-11-12-13-14-15-16-17-18-19-22-34-25-27(35-26(2)31)20-23-36(32,33)24-21-28(29)30(3,4)5/h27-28H,6-25H2,1-5H3/q+1. The van der Waals surface area contributed by atoms with Gasteiger partial charge < -0.3 is 14.0 Å².